The number of nitrogens with one attached hydrogen (secondary N) is 2. The molecule has 1 aliphatic heterocycles. The Hall–Kier alpha value is -2.12. The van der Waals surface area contributed by atoms with Crippen LogP contribution in [-0.4, -0.2) is 59.8 Å². The van der Waals surface area contributed by atoms with Crippen LogP contribution >= 0.6 is 0 Å². The molecule has 0 unspecified atom stereocenters. The lowest BCUT2D eigenvalue weighted by Gasteiger charge is -2.41. The van der Waals surface area contributed by atoms with Gasteiger partial charge in [-0.05, 0) is 31.2 Å². The van der Waals surface area contributed by atoms with Gasteiger partial charge in [0.15, 0.2) is 0 Å². The predicted octanol–water partition coefficient (Wildman–Crippen LogP) is 1.80. The molecule has 1 aromatic rings. The minimum absolute atomic E-state index is 0.0881. The van der Waals surface area contributed by atoms with Gasteiger partial charge in [0.05, 0.1) is 6.10 Å². The summed E-state index contributed by atoms with van der Waals surface area (Å²) in [5.74, 6) is -0.201. The summed E-state index contributed by atoms with van der Waals surface area (Å²) in [4.78, 5) is 26.2. The first kappa shape index (κ1) is 20.6. The van der Waals surface area contributed by atoms with Crippen LogP contribution in [0.1, 0.15) is 44.1 Å². The molecule has 1 saturated heterocycles. The van der Waals surface area contributed by atoms with Gasteiger partial charge >= 0.3 is 6.09 Å². The molecule has 0 radical (unpaired) electrons. The van der Waals surface area contributed by atoms with E-state index in [0.29, 0.717) is 0 Å². The number of hydrogen-bond donors (Lipinski definition) is 3. The van der Waals surface area contributed by atoms with E-state index in [1.54, 1.807) is 0 Å². The number of alkyl carbamates (subject to hydrolysis) is 1. The van der Waals surface area contributed by atoms with E-state index < -0.39 is 6.09 Å². The summed E-state index contributed by atoms with van der Waals surface area (Å²) in [7, 11) is 0. The van der Waals surface area contributed by atoms with E-state index in [9.17, 15) is 14.7 Å². The van der Waals surface area contributed by atoms with Gasteiger partial charge < -0.3 is 20.5 Å². The van der Waals surface area contributed by atoms with Gasteiger partial charge in [0.2, 0.25) is 5.91 Å². The molecule has 0 aromatic heterocycles. The molecule has 2 aliphatic rings. The number of carbonyl (C=O) groups is 2. The van der Waals surface area contributed by atoms with Crippen molar-refractivity contribution in [1.29, 1.82) is 0 Å². The zero-order valence-electron chi connectivity index (χ0n) is 16.3. The fraction of sp³-hybridized carbons (Fsp3) is 0.619. The largest absolute Gasteiger partial charge is 0.445 e. The number of aliphatic hydroxyl groups is 1. The van der Waals surface area contributed by atoms with Crippen molar-refractivity contribution in [3.05, 3.63) is 35.9 Å². The van der Waals surface area contributed by atoms with Crippen molar-refractivity contribution in [2.75, 3.05) is 19.6 Å². The van der Waals surface area contributed by atoms with Gasteiger partial charge in [-0.2, -0.15) is 0 Å². The molecule has 1 heterocycles. The van der Waals surface area contributed by atoms with Crippen LogP contribution in [0.3, 0.4) is 0 Å². The van der Waals surface area contributed by atoms with Crippen LogP contribution in [0.2, 0.25) is 0 Å². The van der Waals surface area contributed by atoms with Crippen molar-refractivity contribution >= 4 is 12.0 Å². The third kappa shape index (κ3) is 6.21. The van der Waals surface area contributed by atoms with Crippen molar-refractivity contribution in [3.8, 4) is 0 Å². The van der Waals surface area contributed by atoms with Gasteiger partial charge in [-0.1, -0.05) is 43.2 Å². The van der Waals surface area contributed by atoms with Crippen LogP contribution in [0.5, 0.6) is 0 Å². The number of rotatable bonds is 6. The van der Waals surface area contributed by atoms with Crippen molar-refractivity contribution in [1.82, 2.24) is 15.5 Å². The number of nitrogens with zero attached hydrogens (tertiary/aromatic N) is 1. The molecule has 2 fully saturated rings. The lowest BCUT2D eigenvalue weighted by molar-refractivity contribution is -0.121. The maximum atomic E-state index is 12.1. The molecule has 7 heteroatoms. The summed E-state index contributed by atoms with van der Waals surface area (Å²) >= 11 is 0. The molecule has 7 nitrogen and oxygen atoms in total. The molecular formula is C21H31N3O4. The standard InChI is InChI=1S/C21H31N3O4/c25-19-9-5-4-8-18(19)24-12-10-17(11-13-24)23-20(26)14-22-21(27)28-15-16-6-2-1-3-7-16/h1-3,6-7,17-19,25H,4-5,8-15H2,(H,22,27)(H,23,26)/t18-,19-/m0/s1. The number of amides is 2. The summed E-state index contributed by atoms with van der Waals surface area (Å²) in [5, 5.41) is 15.7. The summed E-state index contributed by atoms with van der Waals surface area (Å²) in [6.45, 7) is 1.87. The first-order chi connectivity index (χ1) is 13.6. The lowest BCUT2D eigenvalue weighted by Crippen LogP contribution is -2.53. The second-order valence-electron chi connectivity index (χ2n) is 7.71. The highest BCUT2D eigenvalue weighted by molar-refractivity contribution is 5.82. The van der Waals surface area contributed by atoms with Crippen molar-refractivity contribution in [2.45, 2.75) is 63.3 Å². The molecule has 2 amide bonds. The predicted molar refractivity (Wildman–Crippen MR) is 106 cm³/mol. The smallest absolute Gasteiger partial charge is 0.407 e. The highest BCUT2D eigenvalue weighted by Gasteiger charge is 2.31. The number of likely N-dealkylation sites (tertiary alicyclic amines) is 1. The zero-order chi connectivity index (χ0) is 19.8. The third-order valence-corrected chi connectivity index (χ3v) is 5.66. The van der Waals surface area contributed by atoms with E-state index in [1.165, 1.54) is 6.42 Å². The molecular weight excluding hydrogens is 358 g/mol. The first-order valence-electron chi connectivity index (χ1n) is 10.3. The monoisotopic (exact) mass is 389 g/mol. The Morgan fingerprint density at radius 3 is 2.50 bits per heavy atom. The Kier molecular flexibility index (Phi) is 7.68. The van der Waals surface area contributed by atoms with Crippen LogP contribution in [0.15, 0.2) is 30.3 Å². The second-order valence-corrected chi connectivity index (χ2v) is 7.71. The maximum Gasteiger partial charge on any atom is 0.407 e. The van der Waals surface area contributed by atoms with Gasteiger partial charge in [0.1, 0.15) is 13.2 Å². The molecule has 28 heavy (non-hydrogen) atoms. The Bertz CT molecular complexity index is 632. The van der Waals surface area contributed by atoms with Gasteiger partial charge in [-0.15, -0.1) is 0 Å². The van der Waals surface area contributed by atoms with Gasteiger partial charge in [-0.25, -0.2) is 4.79 Å². The summed E-state index contributed by atoms with van der Waals surface area (Å²) in [5.41, 5.74) is 0.900. The van der Waals surface area contributed by atoms with E-state index >= 15 is 0 Å². The average molecular weight is 389 g/mol. The number of ether oxygens (including phenoxy) is 1. The van der Waals surface area contributed by atoms with Crippen LogP contribution < -0.4 is 10.6 Å². The van der Waals surface area contributed by atoms with Crippen molar-refractivity contribution < 1.29 is 19.4 Å². The highest BCUT2D eigenvalue weighted by atomic mass is 16.5. The van der Waals surface area contributed by atoms with Crippen LogP contribution in [-0.2, 0) is 16.1 Å². The minimum atomic E-state index is -0.597. The second kappa shape index (κ2) is 10.4. The molecule has 2 atom stereocenters. The van der Waals surface area contributed by atoms with Crippen LogP contribution in [0, 0.1) is 0 Å². The van der Waals surface area contributed by atoms with E-state index in [-0.39, 0.29) is 37.2 Å². The van der Waals surface area contributed by atoms with Crippen molar-refractivity contribution in [3.63, 3.8) is 0 Å². The molecule has 154 valence electrons. The normalized spacial score (nSPS) is 23.8. The van der Waals surface area contributed by atoms with E-state index in [4.69, 9.17) is 4.74 Å². The van der Waals surface area contributed by atoms with E-state index in [2.05, 4.69) is 15.5 Å². The Morgan fingerprint density at radius 1 is 1.07 bits per heavy atom. The lowest BCUT2D eigenvalue weighted by atomic mass is 9.89. The highest BCUT2D eigenvalue weighted by Crippen LogP contribution is 2.25. The zero-order valence-corrected chi connectivity index (χ0v) is 16.3. The summed E-state index contributed by atoms with van der Waals surface area (Å²) in [6.07, 6.45) is 5.18. The molecule has 1 saturated carbocycles. The quantitative estimate of drug-likeness (QED) is 0.690. The van der Waals surface area contributed by atoms with Gasteiger partial charge in [0.25, 0.3) is 0 Å². The number of piperidine rings is 1. The molecule has 1 aliphatic carbocycles. The molecule has 0 spiro atoms. The minimum Gasteiger partial charge on any atom is -0.445 e. The number of carbonyl (C=O) groups excluding carboxylic acids is 2. The van der Waals surface area contributed by atoms with E-state index in [0.717, 1.165) is 50.8 Å². The molecule has 3 rings (SSSR count). The Labute approximate surface area is 166 Å². The fourth-order valence-corrected chi connectivity index (χ4v) is 4.10. The van der Waals surface area contributed by atoms with Crippen molar-refractivity contribution in [2.24, 2.45) is 0 Å². The maximum absolute atomic E-state index is 12.1. The van der Waals surface area contributed by atoms with Crippen LogP contribution in [0.25, 0.3) is 0 Å². The Morgan fingerprint density at radius 2 is 1.79 bits per heavy atom. The van der Waals surface area contributed by atoms with E-state index in [1.807, 2.05) is 30.3 Å². The number of benzene rings is 1. The average Bonchev–Trinajstić information content (AvgIpc) is 2.72. The number of aliphatic hydroxyl groups excluding tert-OH is 1. The summed E-state index contributed by atoms with van der Waals surface area (Å²) < 4.78 is 5.10. The first-order valence-corrected chi connectivity index (χ1v) is 10.3. The van der Waals surface area contributed by atoms with Crippen LogP contribution in [0.4, 0.5) is 4.79 Å². The molecule has 0 bridgehead atoms. The van der Waals surface area contributed by atoms with Gasteiger partial charge in [-0.3, -0.25) is 9.69 Å². The Balaban J connectivity index is 1.30. The fourth-order valence-electron chi connectivity index (χ4n) is 4.10. The summed E-state index contributed by atoms with van der Waals surface area (Å²) in [6, 6.07) is 9.79. The molecule has 1 aromatic carbocycles. The van der Waals surface area contributed by atoms with Gasteiger partial charge in [0, 0.05) is 25.2 Å². The number of hydrogen-bond acceptors (Lipinski definition) is 5. The SMILES string of the molecule is O=C(CNC(=O)OCc1ccccc1)NC1CCN([C@H]2CCCC[C@@H]2O)CC1. The third-order valence-electron chi connectivity index (χ3n) is 5.66. The topological polar surface area (TPSA) is 90.9 Å². The molecule has 3 N–H and O–H groups in total.